The Balaban J connectivity index is 1.98. The molecule has 3 rings (SSSR count). The van der Waals surface area contributed by atoms with Crippen molar-refractivity contribution in [2.24, 2.45) is 0 Å². The highest BCUT2D eigenvalue weighted by Crippen LogP contribution is 2.28. The molecule has 0 saturated carbocycles. The summed E-state index contributed by atoms with van der Waals surface area (Å²) >= 11 is 13.0. The zero-order chi connectivity index (χ0) is 28.5. The molecule has 1 atom stereocenters. The van der Waals surface area contributed by atoms with Crippen LogP contribution in [0.2, 0.25) is 10.0 Å². The molecule has 0 aliphatic carbocycles. The van der Waals surface area contributed by atoms with Gasteiger partial charge < -0.3 is 15.4 Å². The van der Waals surface area contributed by atoms with Gasteiger partial charge in [-0.25, -0.2) is 9.67 Å². The second kappa shape index (κ2) is 14.4. The molecule has 3 aromatic rings. The van der Waals surface area contributed by atoms with Gasteiger partial charge in [-0.2, -0.15) is 0 Å². The molecule has 0 saturated heterocycles. The van der Waals surface area contributed by atoms with Gasteiger partial charge in [-0.05, 0) is 50.1 Å². The van der Waals surface area contributed by atoms with Crippen LogP contribution in [-0.4, -0.2) is 43.8 Å². The van der Waals surface area contributed by atoms with Crippen LogP contribution in [0, 0.1) is 6.92 Å². The number of benzene rings is 1. The maximum atomic E-state index is 13.6. The summed E-state index contributed by atoms with van der Waals surface area (Å²) in [6.07, 6.45) is 2.83. The van der Waals surface area contributed by atoms with Crippen molar-refractivity contribution in [3.63, 3.8) is 0 Å². The van der Waals surface area contributed by atoms with Gasteiger partial charge in [0, 0.05) is 32.2 Å². The number of halogens is 2. The Hall–Kier alpha value is -3.06. The Bertz CT molecular complexity index is 1360. The number of unbranched alkanes of at least 4 members (excludes halogenated alkanes) is 1. The van der Waals surface area contributed by atoms with E-state index in [0.29, 0.717) is 17.1 Å². The van der Waals surface area contributed by atoms with Crippen LogP contribution in [0.3, 0.4) is 0 Å². The Morgan fingerprint density at radius 3 is 2.56 bits per heavy atom. The maximum Gasteiger partial charge on any atom is 0.536 e. The standard InChI is InChI=1S/C25H25Cl2N5O5S2/c1-4-5-8-29-24(33)17-12-16(26)10-14(2)22(17)30-25(34)19-13-20(37-15(3)11-21(38-35)39-36)31-32(19)23-18(27)7-6-9-28-23/h6-7,9-10,12-13,15,21H,4-5,8,11H2,1-3H3/p+2. The van der Waals surface area contributed by atoms with Crippen LogP contribution < -0.4 is 15.4 Å². The highest BCUT2D eigenvalue weighted by molar-refractivity contribution is 7.84. The van der Waals surface area contributed by atoms with Gasteiger partial charge in [-0.1, -0.05) is 36.5 Å². The summed E-state index contributed by atoms with van der Waals surface area (Å²) in [6, 6.07) is 7.76. The molecule has 0 spiro atoms. The number of carbonyl (C=O) groups is 2. The van der Waals surface area contributed by atoms with Crippen molar-refractivity contribution < 1.29 is 22.7 Å². The third-order valence-electron chi connectivity index (χ3n) is 5.52. The largest absolute Gasteiger partial charge is 0.536 e. The molecule has 0 aliphatic rings. The summed E-state index contributed by atoms with van der Waals surface area (Å²) in [6.45, 7) is 5.91. The molecule has 2 aromatic heterocycles. The molecule has 14 heteroatoms. The lowest BCUT2D eigenvalue weighted by Crippen LogP contribution is -2.27. The first-order chi connectivity index (χ1) is 18.7. The Morgan fingerprint density at radius 1 is 1.15 bits per heavy atom. The van der Waals surface area contributed by atoms with E-state index in [0.717, 1.165) is 12.8 Å². The van der Waals surface area contributed by atoms with E-state index >= 15 is 0 Å². The maximum absolute atomic E-state index is 13.6. The second-order valence-corrected chi connectivity index (χ2v) is 11.2. The van der Waals surface area contributed by atoms with Crippen molar-refractivity contribution in [2.75, 3.05) is 11.9 Å². The van der Waals surface area contributed by atoms with E-state index in [-0.39, 0.29) is 69.3 Å². The highest BCUT2D eigenvalue weighted by Gasteiger charge is 2.38. The molecule has 39 heavy (non-hydrogen) atoms. The second-order valence-electron chi connectivity index (χ2n) is 8.58. The topological polar surface area (TPSA) is 132 Å². The van der Waals surface area contributed by atoms with E-state index in [9.17, 15) is 18.0 Å². The summed E-state index contributed by atoms with van der Waals surface area (Å²) < 4.78 is 28.5. The predicted molar refractivity (Wildman–Crippen MR) is 152 cm³/mol. The van der Waals surface area contributed by atoms with Crippen molar-refractivity contribution in [3.05, 3.63) is 63.4 Å². The lowest BCUT2D eigenvalue weighted by Gasteiger charge is -2.15. The zero-order valence-corrected chi connectivity index (χ0v) is 24.5. The number of carbonyl (C=O) groups excluding carboxylic acids is 2. The summed E-state index contributed by atoms with van der Waals surface area (Å²) in [5.74, 6) is -0.737. The van der Waals surface area contributed by atoms with Crippen molar-refractivity contribution >= 4 is 64.0 Å². The van der Waals surface area contributed by atoms with E-state index in [4.69, 9.17) is 27.9 Å². The number of aryl methyl sites for hydroxylation is 1. The molecule has 0 bridgehead atoms. The van der Waals surface area contributed by atoms with Crippen molar-refractivity contribution in [2.45, 2.75) is 50.7 Å². The van der Waals surface area contributed by atoms with Gasteiger partial charge in [0.25, 0.3) is 11.8 Å². The minimum atomic E-state index is -0.745. The lowest BCUT2D eigenvalue weighted by atomic mass is 10.1. The molecule has 2 N–H and O–H groups in total. The smallest absolute Gasteiger partial charge is 0.473 e. The number of amides is 2. The lowest BCUT2D eigenvalue weighted by molar-refractivity contribution is 0.0954. The Morgan fingerprint density at radius 2 is 1.90 bits per heavy atom. The molecule has 0 aliphatic heterocycles. The van der Waals surface area contributed by atoms with Crippen LogP contribution in [-0.2, 0) is 31.8 Å². The van der Waals surface area contributed by atoms with Crippen LogP contribution >= 0.6 is 23.2 Å². The van der Waals surface area contributed by atoms with Gasteiger partial charge >= 0.3 is 27.9 Å². The molecule has 2 heterocycles. The molecule has 1 aromatic carbocycles. The number of hydrogen-bond donors (Lipinski definition) is 2. The minimum absolute atomic E-state index is 0.0254. The van der Waals surface area contributed by atoms with Crippen LogP contribution in [0.15, 0.2) is 36.5 Å². The molecular weight excluding hydrogens is 585 g/mol. The van der Waals surface area contributed by atoms with Gasteiger partial charge in [0.2, 0.25) is 5.88 Å². The molecule has 0 radical (unpaired) electrons. The highest BCUT2D eigenvalue weighted by atomic mass is 35.5. The van der Waals surface area contributed by atoms with Gasteiger partial charge in [0.1, 0.15) is 18.2 Å². The predicted octanol–water partition coefficient (Wildman–Crippen LogP) is 5.00. The number of pyridine rings is 1. The fourth-order valence-electron chi connectivity index (χ4n) is 3.63. The molecular formula is C25H27Cl2N5O5S2+2. The third-order valence-corrected chi connectivity index (χ3v) is 7.32. The number of nitrogens with zero attached hydrogens (tertiary/aromatic N) is 3. The van der Waals surface area contributed by atoms with Crippen molar-refractivity contribution in [1.82, 2.24) is 20.1 Å². The van der Waals surface area contributed by atoms with E-state index in [1.165, 1.54) is 23.0 Å². The molecule has 2 amide bonds. The van der Waals surface area contributed by atoms with Crippen LogP contribution in [0.4, 0.5) is 5.69 Å². The number of aromatic nitrogens is 3. The Kier molecular flexibility index (Phi) is 11.2. The van der Waals surface area contributed by atoms with E-state index in [1.807, 2.05) is 6.92 Å². The van der Waals surface area contributed by atoms with Crippen LogP contribution in [0.1, 0.15) is 59.5 Å². The number of nitrogens with one attached hydrogen (secondary N) is 2. The monoisotopic (exact) mass is 611 g/mol. The minimum Gasteiger partial charge on any atom is -0.473 e. The first kappa shape index (κ1) is 30.5. The number of hydrogen-bond acceptors (Lipinski definition) is 7. The SMILES string of the molecule is CCCCNC(=O)c1cc(Cl)cc(C)c1NC(=O)c1cc(OC(C)CC([S+]=O)[S+]=O)nn1-c1ncccc1Cl. The van der Waals surface area contributed by atoms with Crippen LogP contribution in [0.5, 0.6) is 5.88 Å². The molecule has 206 valence electrons. The number of anilines is 1. The van der Waals surface area contributed by atoms with Gasteiger partial charge in [0.05, 0.1) is 16.3 Å². The summed E-state index contributed by atoms with van der Waals surface area (Å²) in [5.41, 5.74) is 1.11. The normalized spacial score (nSPS) is 11.6. The number of rotatable bonds is 13. The Labute approximate surface area is 243 Å². The fourth-order valence-corrected chi connectivity index (χ4v) is 4.93. The molecule has 0 fully saturated rings. The van der Waals surface area contributed by atoms with E-state index in [2.05, 4.69) is 20.7 Å². The first-order valence-corrected chi connectivity index (χ1v) is 14.4. The summed E-state index contributed by atoms with van der Waals surface area (Å²) in [5, 5.41) is 10.6. The average molecular weight is 613 g/mol. The average Bonchev–Trinajstić information content (AvgIpc) is 3.32. The van der Waals surface area contributed by atoms with Crippen LogP contribution in [0.25, 0.3) is 5.82 Å². The molecule has 1 unspecified atom stereocenters. The fraction of sp³-hybridized carbons (Fsp3) is 0.360. The van der Waals surface area contributed by atoms with Crippen molar-refractivity contribution in [1.29, 1.82) is 0 Å². The van der Waals surface area contributed by atoms with Crippen molar-refractivity contribution in [3.8, 4) is 11.7 Å². The summed E-state index contributed by atoms with van der Waals surface area (Å²) in [7, 11) is 0. The van der Waals surface area contributed by atoms with Gasteiger partial charge in [0.15, 0.2) is 5.82 Å². The summed E-state index contributed by atoms with van der Waals surface area (Å²) in [4.78, 5) is 30.8. The van der Waals surface area contributed by atoms with E-state index < -0.39 is 16.6 Å². The quantitative estimate of drug-likeness (QED) is 0.158. The van der Waals surface area contributed by atoms with E-state index in [1.54, 1.807) is 32.0 Å². The molecule has 10 nitrogen and oxygen atoms in total. The zero-order valence-electron chi connectivity index (χ0n) is 21.4. The van der Waals surface area contributed by atoms with Gasteiger partial charge in [-0.3, -0.25) is 9.59 Å². The number of ether oxygens (including phenoxy) is 1. The first-order valence-electron chi connectivity index (χ1n) is 12.0. The third kappa shape index (κ3) is 7.98. The van der Waals surface area contributed by atoms with Gasteiger partial charge in [-0.15, -0.1) is 5.10 Å².